The largest absolute Gasteiger partial charge is 0.484 e. The Morgan fingerprint density at radius 1 is 1.21 bits per heavy atom. The van der Waals surface area contributed by atoms with Crippen molar-refractivity contribution < 1.29 is 23.0 Å². The van der Waals surface area contributed by atoms with E-state index < -0.39 is 12.5 Å². The van der Waals surface area contributed by atoms with Crippen molar-refractivity contribution in [1.82, 2.24) is 4.98 Å². The second-order valence-corrected chi connectivity index (χ2v) is 6.24. The van der Waals surface area contributed by atoms with Crippen molar-refractivity contribution in [2.45, 2.75) is 6.61 Å². The van der Waals surface area contributed by atoms with Gasteiger partial charge in [-0.3, -0.25) is 10.1 Å². The highest BCUT2D eigenvalue weighted by Crippen LogP contribution is 2.32. The molecule has 1 heterocycles. The molecule has 142 valence electrons. The summed E-state index contributed by atoms with van der Waals surface area (Å²) in [5.74, 6) is 0.0271. The lowest BCUT2D eigenvalue weighted by Crippen LogP contribution is -2.20. The van der Waals surface area contributed by atoms with E-state index in [1.165, 1.54) is 6.07 Å². The number of anilines is 1. The Hall–Kier alpha value is -3.51. The fourth-order valence-electron chi connectivity index (χ4n) is 2.26. The molecule has 0 aliphatic rings. The van der Waals surface area contributed by atoms with Crippen LogP contribution in [-0.4, -0.2) is 24.1 Å². The van der Waals surface area contributed by atoms with Crippen LogP contribution in [0.15, 0.2) is 53.9 Å². The van der Waals surface area contributed by atoms with E-state index in [4.69, 9.17) is 10.00 Å². The van der Waals surface area contributed by atoms with Gasteiger partial charge in [0.2, 0.25) is 0 Å². The number of hydrogen-bond acceptors (Lipinski definition) is 6. The molecule has 6 nitrogen and oxygen atoms in total. The minimum atomic E-state index is -2.95. The molecule has 0 aliphatic carbocycles. The summed E-state index contributed by atoms with van der Waals surface area (Å²) in [6.07, 6.45) is 0. The third-order valence-corrected chi connectivity index (χ3v) is 4.24. The number of nitriles is 1. The van der Waals surface area contributed by atoms with E-state index in [0.717, 1.165) is 11.3 Å². The van der Waals surface area contributed by atoms with Gasteiger partial charge in [0.25, 0.3) is 5.91 Å². The summed E-state index contributed by atoms with van der Waals surface area (Å²) < 4.78 is 34.9. The van der Waals surface area contributed by atoms with Gasteiger partial charge in [-0.05, 0) is 36.4 Å². The maximum atomic E-state index is 12.5. The van der Waals surface area contributed by atoms with Crippen molar-refractivity contribution in [2.24, 2.45) is 0 Å². The molecule has 0 unspecified atom stereocenters. The van der Waals surface area contributed by atoms with E-state index >= 15 is 0 Å². The SMILES string of the molecule is N#Cc1ccc(OCC(=O)Nc2nc(-c3ccccc3OC(F)F)cs2)cc1. The Balaban J connectivity index is 1.61. The van der Waals surface area contributed by atoms with Gasteiger partial charge < -0.3 is 9.47 Å². The summed E-state index contributed by atoms with van der Waals surface area (Å²) >= 11 is 1.15. The summed E-state index contributed by atoms with van der Waals surface area (Å²) in [4.78, 5) is 16.3. The van der Waals surface area contributed by atoms with Gasteiger partial charge in [-0.25, -0.2) is 4.98 Å². The molecule has 3 aromatic rings. The zero-order chi connectivity index (χ0) is 19.9. The first kappa shape index (κ1) is 19.3. The maximum Gasteiger partial charge on any atom is 0.387 e. The smallest absolute Gasteiger partial charge is 0.387 e. The number of hydrogen-bond donors (Lipinski definition) is 1. The minimum Gasteiger partial charge on any atom is -0.484 e. The third-order valence-electron chi connectivity index (χ3n) is 3.48. The predicted molar refractivity (Wildman–Crippen MR) is 99.5 cm³/mol. The van der Waals surface area contributed by atoms with Gasteiger partial charge in [-0.2, -0.15) is 14.0 Å². The first-order valence-electron chi connectivity index (χ1n) is 7.97. The summed E-state index contributed by atoms with van der Waals surface area (Å²) in [6.45, 7) is -3.19. The van der Waals surface area contributed by atoms with Crippen molar-refractivity contribution in [2.75, 3.05) is 11.9 Å². The number of nitrogens with zero attached hydrogens (tertiary/aromatic N) is 2. The Morgan fingerprint density at radius 2 is 1.96 bits per heavy atom. The Bertz CT molecular complexity index is 1000. The molecule has 0 spiro atoms. The van der Waals surface area contributed by atoms with Crippen LogP contribution in [0.1, 0.15) is 5.56 Å². The van der Waals surface area contributed by atoms with Crippen LogP contribution in [-0.2, 0) is 4.79 Å². The van der Waals surface area contributed by atoms with Gasteiger partial charge in [0.05, 0.1) is 17.3 Å². The summed E-state index contributed by atoms with van der Waals surface area (Å²) in [5.41, 5.74) is 1.29. The Kier molecular flexibility index (Phi) is 6.14. The van der Waals surface area contributed by atoms with E-state index in [1.807, 2.05) is 6.07 Å². The number of aromatic nitrogens is 1. The maximum absolute atomic E-state index is 12.5. The fraction of sp³-hybridized carbons (Fsp3) is 0.105. The number of ether oxygens (including phenoxy) is 2. The van der Waals surface area contributed by atoms with Crippen LogP contribution in [0, 0.1) is 11.3 Å². The predicted octanol–water partition coefficient (Wildman–Crippen LogP) is 4.30. The molecule has 2 aromatic carbocycles. The number of halogens is 2. The molecular formula is C19H13F2N3O3S. The van der Waals surface area contributed by atoms with E-state index in [2.05, 4.69) is 15.0 Å². The minimum absolute atomic E-state index is 0.00447. The van der Waals surface area contributed by atoms with Crippen molar-refractivity contribution in [3.05, 3.63) is 59.5 Å². The number of para-hydroxylation sites is 1. The molecule has 0 aliphatic heterocycles. The van der Waals surface area contributed by atoms with Crippen LogP contribution in [0.2, 0.25) is 0 Å². The first-order valence-corrected chi connectivity index (χ1v) is 8.85. The van der Waals surface area contributed by atoms with Crippen molar-refractivity contribution >= 4 is 22.4 Å². The highest BCUT2D eigenvalue weighted by molar-refractivity contribution is 7.14. The zero-order valence-corrected chi connectivity index (χ0v) is 15.1. The summed E-state index contributed by atoms with van der Waals surface area (Å²) in [5, 5.41) is 13.3. The molecule has 28 heavy (non-hydrogen) atoms. The molecule has 0 radical (unpaired) electrons. The number of nitrogens with one attached hydrogen (secondary N) is 1. The lowest BCUT2D eigenvalue weighted by Gasteiger charge is -2.08. The molecule has 0 saturated heterocycles. The van der Waals surface area contributed by atoms with Crippen LogP contribution < -0.4 is 14.8 Å². The van der Waals surface area contributed by atoms with Crippen molar-refractivity contribution in [1.29, 1.82) is 5.26 Å². The van der Waals surface area contributed by atoms with E-state index in [0.29, 0.717) is 27.7 Å². The van der Waals surface area contributed by atoms with Gasteiger partial charge >= 0.3 is 6.61 Å². The van der Waals surface area contributed by atoms with Gasteiger partial charge in [-0.1, -0.05) is 12.1 Å². The Labute approximate surface area is 163 Å². The second kappa shape index (κ2) is 8.92. The van der Waals surface area contributed by atoms with E-state index in [1.54, 1.807) is 47.8 Å². The van der Waals surface area contributed by atoms with Gasteiger partial charge in [0.1, 0.15) is 11.5 Å². The van der Waals surface area contributed by atoms with Crippen LogP contribution in [0.25, 0.3) is 11.3 Å². The highest BCUT2D eigenvalue weighted by Gasteiger charge is 2.14. The first-order chi connectivity index (χ1) is 13.5. The third kappa shape index (κ3) is 5.02. The molecular weight excluding hydrogens is 388 g/mol. The molecule has 1 N–H and O–H groups in total. The summed E-state index contributed by atoms with van der Waals surface area (Å²) in [6, 6.07) is 14.6. The van der Waals surface area contributed by atoms with E-state index in [9.17, 15) is 13.6 Å². The number of carbonyl (C=O) groups excluding carboxylic acids is 1. The van der Waals surface area contributed by atoms with Gasteiger partial charge in [-0.15, -0.1) is 11.3 Å². The number of rotatable bonds is 7. The normalized spacial score (nSPS) is 10.4. The summed E-state index contributed by atoms with van der Waals surface area (Å²) in [7, 11) is 0. The quantitative estimate of drug-likeness (QED) is 0.638. The van der Waals surface area contributed by atoms with Gasteiger partial charge in [0, 0.05) is 10.9 Å². The molecule has 1 aromatic heterocycles. The number of alkyl halides is 2. The topological polar surface area (TPSA) is 84.2 Å². The highest BCUT2D eigenvalue weighted by atomic mass is 32.1. The lowest BCUT2D eigenvalue weighted by atomic mass is 10.1. The molecule has 0 bridgehead atoms. The Morgan fingerprint density at radius 3 is 2.68 bits per heavy atom. The number of carbonyl (C=O) groups is 1. The molecule has 9 heteroatoms. The van der Waals surface area contributed by atoms with E-state index in [-0.39, 0.29) is 12.4 Å². The molecule has 0 atom stereocenters. The lowest BCUT2D eigenvalue weighted by molar-refractivity contribution is -0.118. The number of thiazole rings is 1. The zero-order valence-electron chi connectivity index (χ0n) is 14.3. The molecule has 1 amide bonds. The van der Waals surface area contributed by atoms with Crippen LogP contribution in [0.4, 0.5) is 13.9 Å². The second-order valence-electron chi connectivity index (χ2n) is 5.39. The fourth-order valence-corrected chi connectivity index (χ4v) is 2.99. The molecule has 0 fully saturated rings. The molecule has 3 rings (SSSR count). The average molecular weight is 401 g/mol. The van der Waals surface area contributed by atoms with Crippen LogP contribution >= 0.6 is 11.3 Å². The molecule has 0 saturated carbocycles. The van der Waals surface area contributed by atoms with Crippen molar-refractivity contribution in [3.8, 4) is 28.8 Å². The van der Waals surface area contributed by atoms with Gasteiger partial charge in [0.15, 0.2) is 11.7 Å². The monoisotopic (exact) mass is 401 g/mol. The number of benzene rings is 2. The van der Waals surface area contributed by atoms with Crippen molar-refractivity contribution in [3.63, 3.8) is 0 Å². The number of amides is 1. The van der Waals surface area contributed by atoms with Crippen LogP contribution in [0.5, 0.6) is 11.5 Å². The average Bonchev–Trinajstić information content (AvgIpc) is 3.15. The standard InChI is InChI=1S/C19H13F2N3O3S/c20-18(21)27-16-4-2-1-3-14(16)15-11-28-19(23-15)24-17(25)10-26-13-7-5-12(9-22)6-8-13/h1-8,11,18H,10H2,(H,23,24,25). The van der Waals surface area contributed by atoms with Crippen LogP contribution in [0.3, 0.4) is 0 Å².